The van der Waals surface area contributed by atoms with Gasteiger partial charge in [-0.25, -0.2) is 4.79 Å². The minimum absolute atomic E-state index is 0.0305. The first-order chi connectivity index (χ1) is 20.0. The van der Waals surface area contributed by atoms with Crippen molar-refractivity contribution in [2.24, 2.45) is 51.8 Å². The van der Waals surface area contributed by atoms with Crippen LogP contribution in [0.25, 0.3) is 0 Å². The van der Waals surface area contributed by atoms with Crippen molar-refractivity contribution in [1.82, 2.24) is 0 Å². The van der Waals surface area contributed by atoms with Crippen LogP contribution in [0.1, 0.15) is 98.8 Å². The molecule has 4 saturated carbocycles. The normalized spacial score (nSPS) is 52.9. The fraction of sp³-hybridized carbons (Fsp3) is 0.857. The van der Waals surface area contributed by atoms with Crippen molar-refractivity contribution in [1.29, 1.82) is 0 Å². The van der Waals surface area contributed by atoms with Gasteiger partial charge in [-0.3, -0.25) is 9.59 Å². The number of rotatable bonds is 4. The second-order valence-electron chi connectivity index (χ2n) is 15.7. The molecule has 42 heavy (non-hydrogen) atoms. The van der Waals surface area contributed by atoms with Gasteiger partial charge in [0.25, 0.3) is 0 Å². The van der Waals surface area contributed by atoms with Crippen LogP contribution < -0.4 is 0 Å². The van der Waals surface area contributed by atoms with Crippen LogP contribution in [-0.2, 0) is 28.6 Å². The highest BCUT2D eigenvalue weighted by atomic mass is 16.7. The SMILES string of the molecule is CCOC(=O)C1OC(C(=O)C23CCC(C)CC2C2=CCC4C(C)(CCC5C(C)C(=O)CCC54C)C2CC3)C(O)C2OC12. The van der Waals surface area contributed by atoms with Gasteiger partial charge in [0, 0.05) is 17.8 Å². The van der Waals surface area contributed by atoms with Crippen molar-refractivity contribution < 1.29 is 33.7 Å². The quantitative estimate of drug-likeness (QED) is 0.276. The summed E-state index contributed by atoms with van der Waals surface area (Å²) < 4.78 is 17.0. The monoisotopic (exact) mass is 582 g/mol. The van der Waals surface area contributed by atoms with Gasteiger partial charge in [-0.15, -0.1) is 0 Å². The number of ether oxygens (including phenoxy) is 3. The zero-order chi connectivity index (χ0) is 29.8. The van der Waals surface area contributed by atoms with Gasteiger partial charge in [-0.05, 0) is 105 Å². The number of esters is 1. The second-order valence-corrected chi connectivity index (χ2v) is 15.7. The molecule has 6 fully saturated rings. The van der Waals surface area contributed by atoms with Crippen LogP contribution in [0.5, 0.6) is 0 Å². The van der Waals surface area contributed by atoms with Crippen molar-refractivity contribution in [2.75, 3.05) is 6.61 Å². The van der Waals surface area contributed by atoms with Crippen LogP contribution in [0.4, 0.5) is 0 Å². The molecule has 232 valence electrons. The predicted octanol–water partition coefficient (Wildman–Crippen LogP) is 5.21. The lowest BCUT2D eigenvalue weighted by atomic mass is 9.38. The number of fused-ring (bicyclic) bond motifs is 8. The average molecular weight is 583 g/mol. The lowest BCUT2D eigenvalue weighted by molar-refractivity contribution is -0.182. The molecular formula is C35H50O7. The van der Waals surface area contributed by atoms with Crippen LogP contribution in [0.2, 0.25) is 0 Å². The number of allylic oxidation sites excluding steroid dienone is 2. The maximum Gasteiger partial charge on any atom is 0.338 e. The Labute approximate surface area is 250 Å². The van der Waals surface area contributed by atoms with E-state index in [0.29, 0.717) is 35.9 Å². The van der Waals surface area contributed by atoms with E-state index < -0.39 is 41.9 Å². The number of carbonyl (C=O) groups excluding carboxylic acids is 3. The molecule has 1 N–H and O–H groups in total. The van der Waals surface area contributed by atoms with Gasteiger partial charge >= 0.3 is 5.97 Å². The highest BCUT2D eigenvalue weighted by Gasteiger charge is 2.67. The molecule has 0 aromatic heterocycles. The zero-order valence-corrected chi connectivity index (χ0v) is 26.1. The third-order valence-electron chi connectivity index (χ3n) is 14.0. The van der Waals surface area contributed by atoms with E-state index in [1.54, 1.807) is 6.92 Å². The standard InChI is InChI=1S/C35H50O7/c1-6-40-32(39)30-29-27(41-29)26(37)28(42-30)31(38)35-15-9-18(2)17-23(35)20-7-8-25-33(4)14-12-24(36)19(3)21(33)10-13-34(25,5)22(20)11-16-35/h7,18-19,21-23,25-30,37H,6,8-17H2,1-5H3. The van der Waals surface area contributed by atoms with Crippen LogP contribution in [-0.4, -0.2) is 59.8 Å². The summed E-state index contributed by atoms with van der Waals surface area (Å²) in [6.45, 7) is 11.5. The smallest absolute Gasteiger partial charge is 0.338 e. The number of carbonyl (C=O) groups is 3. The number of aliphatic hydroxyl groups excluding tert-OH is 1. The molecule has 7 heteroatoms. The molecule has 0 spiro atoms. The lowest BCUT2D eigenvalue weighted by Gasteiger charge is -2.66. The second kappa shape index (κ2) is 9.97. The van der Waals surface area contributed by atoms with E-state index in [-0.39, 0.29) is 35.1 Å². The molecule has 14 unspecified atom stereocenters. The van der Waals surface area contributed by atoms with Crippen LogP contribution in [0, 0.1) is 51.8 Å². The Morgan fingerprint density at radius 3 is 2.50 bits per heavy atom. The molecule has 7 rings (SSSR count). The Morgan fingerprint density at radius 1 is 0.976 bits per heavy atom. The lowest BCUT2D eigenvalue weighted by Crippen LogP contribution is -2.62. The molecule has 0 radical (unpaired) electrons. The molecule has 0 aromatic carbocycles. The van der Waals surface area contributed by atoms with Crippen LogP contribution in [0.3, 0.4) is 0 Å². The van der Waals surface area contributed by atoms with E-state index >= 15 is 0 Å². The zero-order valence-electron chi connectivity index (χ0n) is 26.1. The van der Waals surface area contributed by atoms with E-state index in [2.05, 4.69) is 33.8 Å². The topological polar surface area (TPSA) is 102 Å². The summed E-state index contributed by atoms with van der Waals surface area (Å²) in [7, 11) is 0. The third kappa shape index (κ3) is 3.97. The molecule has 5 aliphatic carbocycles. The van der Waals surface area contributed by atoms with Gasteiger partial charge in [-0.2, -0.15) is 0 Å². The molecule has 0 amide bonds. The fourth-order valence-corrected chi connectivity index (χ4v) is 11.7. The van der Waals surface area contributed by atoms with Gasteiger partial charge < -0.3 is 19.3 Å². The summed E-state index contributed by atoms with van der Waals surface area (Å²) in [5.41, 5.74) is 1.23. The maximum absolute atomic E-state index is 14.7. The minimum Gasteiger partial charge on any atom is -0.464 e. The van der Waals surface area contributed by atoms with E-state index in [0.717, 1.165) is 57.8 Å². The first-order valence-corrected chi connectivity index (χ1v) is 16.9. The predicted molar refractivity (Wildman–Crippen MR) is 155 cm³/mol. The molecule has 2 aliphatic heterocycles. The van der Waals surface area contributed by atoms with Gasteiger partial charge in [0.1, 0.15) is 30.2 Å². The number of epoxide rings is 1. The minimum atomic E-state index is -1.07. The highest BCUT2D eigenvalue weighted by molar-refractivity contribution is 5.91. The summed E-state index contributed by atoms with van der Waals surface area (Å²) >= 11 is 0. The number of ketones is 2. The first kappa shape index (κ1) is 29.2. The number of hydrogen-bond donors (Lipinski definition) is 1. The van der Waals surface area contributed by atoms with E-state index in [1.807, 2.05) is 0 Å². The molecule has 2 saturated heterocycles. The fourth-order valence-electron chi connectivity index (χ4n) is 11.7. The number of hydrogen-bond acceptors (Lipinski definition) is 7. The summed E-state index contributed by atoms with van der Waals surface area (Å²) in [5.74, 6) is 2.19. The van der Waals surface area contributed by atoms with E-state index in [4.69, 9.17) is 14.2 Å². The molecule has 7 nitrogen and oxygen atoms in total. The van der Waals surface area contributed by atoms with Gasteiger partial charge in [-0.1, -0.05) is 39.3 Å². The van der Waals surface area contributed by atoms with Gasteiger partial charge in [0.15, 0.2) is 11.9 Å². The molecule has 0 aromatic rings. The van der Waals surface area contributed by atoms with Crippen molar-refractivity contribution in [3.05, 3.63) is 11.6 Å². The Hall–Kier alpha value is -1.57. The van der Waals surface area contributed by atoms with Crippen LogP contribution in [0.15, 0.2) is 11.6 Å². The Morgan fingerprint density at radius 2 is 1.74 bits per heavy atom. The van der Waals surface area contributed by atoms with Crippen molar-refractivity contribution in [3.63, 3.8) is 0 Å². The Bertz CT molecular complexity index is 1190. The Balaban J connectivity index is 1.21. The van der Waals surface area contributed by atoms with Gasteiger partial charge in [0.05, 0.1) is 6.61 Å². The Kier molecular flexibility index (Phi) is 6.92. The highest BCUT2D eigenvalue weighted by Crippen LogP contribution is 2.70. The summed E-state index contributed by atoms with van der Waals surface area (Å²) in [6.07, 6.45) is 7.87. The van der Waals surface area contributed by atoms with E-state index in [9.17, 15) is 19.5 Å². The average Bonchev–Trinajstić information content (AvgIpc) is 3.77. The summed E-state index contributed by atoms with van der Waals surface area (Å²) in [4.78, 5) is 40.1. The summed E-state index contributed by atoms with van der Waals surface area (Å²) in [6, 6.07) is 0. The number of aliphatic hydroxyl groups is 1. The molecule has 0 bridgehead atoms. The van der Waals surface area contributed by atoms with Crippen molar-refractivity contribution >= 4 is 17.5 Å². The third-order valence-corrected chi connectivity index (χ3v) is 14.0. The van der Waals surface area contributed by atoms with E-state index in [1.165, 1.54) is 5.57 Å². The maximum atomic E-state index is 14.7. The molecule has 2 heterocycles. The van der Waals surface area contributed by atoms with Crippen molar-refractivity contribution in [3.8, 4) is 0 Å². The molecule has 7 aliphatic rings. The number of Topliss-reactive ketones (excluding diaryl/α,β-unsaturated/α-hetero) is 2. The molecule has 14 atom stereocenters. The molecular weight excluding hydrogens is 532 g/mol. The van der Waals surface area contributed by atoms with Crippen LogP contribution >= 0.6 is 0 Å². The summed E-state index contributed by atoms with van der Waals surface area (Å²) in [5, 5.41) is 11.2. The van der Waals surface area contributed by atoms with Gasteiger partial charge in [0.2, 0.25) is 0 Å². The largest absolute Gasteiger partial charge is 0.464 e. The first-order valence-electron chi connectivity index (χ1n) is 16.9. The van der Waals surface area contributed by atoms with Crippen molar-refractivity contribution in [2.45, 2.75) is 129 Å².